The molecule has 3 aliphatic rings. The molecule has 10 nitrogen and oxygen atoms in total. The Labute approximate surface area is 186 Å². The first-order chi connectivity index (χ1) is 14.8. The van der Waals surface area contributed by atoms with Crippen molar-refractivity contribution in [2.45, 2.75) is 24.2 Å². The van der Waals surface area contributed by atoms with Crippen LogP contribution in [-0.4, -0.2) is 58.5 Å². The number of nitrogens with two attached hydrogens (primary N) is 1. The summed E-state index contributed by atoms with van der Waals surface area (Å²) in [5.74, 6) is -9.14. The fourth-order valence-corrected chi connectivity index (χ4v) is 5.57. The second-order valence-corrected chi connectivity index (χ2v) is 8.98. The molecular formula is C21H20ClN2O8-. The van der Waals surface area contributed by atoms with E-state index in [0.717, 1.165) is 6.07 Å². The highest BCUT2D eigenvalue weighted by molar-refractivity contribution is 6.32. The molecule has 0 aromatic heterocycles. The van der Waals surface area contributed by atoms with Crippen molar-refractivity contribution in [2.75, 3.05) is 14.1 Å². The summed E-state index contributed by atoms with van der Waals surface area (Å²) in [7, 11) is 3.07. The number of Topliss-reactive ketones (excluding diaryl/α,β-unsaturated/α-hetero) is 2. The molecule has 3 aliphatic carbocycles. The predicted octanol–water partition coefficient (Wildman–Crippen LogP) is -3.70. The van der Waals surface area contributed by atoms with Crippen LogP contribution in [0.5, 0.6) is 5.75 Å². The van der Waals surface area contributed by atoms with Gasteiger partial charge in [-0.05, 0) is 24.1 Å². The van der Waals surface area contributed by atoms with Crippen LogP contribution >= 0.6 is 11.6 Å². The van der Waals surface area contributed by atoms with Gasteiger partial charge in [0.2, 0.25) is 5.78 Å². The van der Waals surface area contributed by atoms with E-state index in [2.05, 4.69) is 0 Å². The number of hydrogen-bond donors (Lipinski definition) is 5. The number of hydrogen-bond acceptors (Lipinski definition) is 8. The number of phenols is 1. The van der Waals surface area contributed by atoms with Crippen molar-refractivity contribution in [1.82, 2.24) is 0 Å². The summed E-state index contributed by atoms with van der Waals surface area (Å²) in [5.41, 5.74) is 0.221. The van der Waals surface area contributed by atoms with E-state index < -0.39 is 81.0 Å². The molecule has 0 bridgehead atoms. The highest BCUT2D eigenvalue weighted by Gasteiger charge is 2.63. The van der Waals surface area contributed by atoms with E-state index in [1.165, 1.54) is 20.2 Å². The average Bonchev–Trinajstić information content (AvgIpc) is 2.69. The number of primary amides is 1. The minimum Gasteiger partial charge on any atom is -0.873 e. The van der Waals surface area contributed by atoms with Gasteiger partial charge in [0.1, 0.15) is 11.4 Å². The lowest BCUT2D eigenvalue weighted by Crippen LogP contribution is -3.13. The smallest absolute Gasteiger partial charge is 0.251 e. The molecule has 0 unspecified atom stereocenters. The summed E-state index contributed by atoms with van der Waals surface area (Å²) < 4.78 is 0. The van der Waals surface area contributed by atoms with Crippen LogP contribution in [0, 0.1) is 11.8 Å². The van der Waals surface area contributed by atoms with Crippen molar-refractivity contribution in [3.63, 3.8) is 0 Å². The van der Waals surface area contributed by atoms with E-state index in [-0.39, 0.29) is 17.0 Å². The molecule has 5 atom stereocenters. The number of ketones is 2. The molecule has 6 N–H and O–H groups in total. The number of carbonyl (C=O) groups is 3. The lowest BCUT2D eigenvalue weighted by atomic mass is 9.57. The Bertz CT molecular complexity index is 1160. The second-order valence-electron chi connectivity index (χ2n) is 8.57. The van der Waals surface area contributed by atoms with Gasteiger partial charge in [-0.25, -0.2) is 0 Å². The molecule has 170 valence electrons. The van der Waals surface area contributed by atoms with Crippen molar-refractivity contribution in [2.24, 2.45) is 17.6 Å². The summed E-state index contributed by atoms with van der Waals surface area (Å²) in [4.78, 5) is 38.7. The zero-order valence-corrected chi connectivity index (χ0v) is 17.8. The first-order valence-electron chi connectivity index (χ1n) is 9.79. The Morgan fingerprint density at radius 1 is 1.28 bits per heavy atom. The number of benzene rings is 1. The molecule has 0 heterocycles. The number of phenolic OH excluding ortho intramolecular Hbond substituents is 1. The highest BCUT2D eigenvalue weighted by Crippen LogP contribution is 2.54. The van der Waals surface area contributed by atoms with Gasteiger partial charge in [0.25, 0.3) is 5.91 Å². The predicted molar refractivity (Wildman–Crippen MR) is 104 cm³/mol. The number of rotatable bonds is 2. The van der Waals surface area contributed by atoms with Crippen molar-refractivity contribution < 1.29 is 44.8 Å². The van der Waals surface area contributed by atoms with Crippen molar-refractivity contribution in [3.8, 4) is 5.75 Å². The molecule has 1 fully saturated rings. The molecular weight excluding hydrogens is 444 g/mol. The maximum atomic E-state index is 13.5. The Morgan fingerprint density at radius 3 is 2.47 bits per heavy atom. The van der Waals surface area contributed by atoms with E-state index in [9.17, 15) is 39.9 Å². The number of aliphatic hydroxyl groups is 2. The van der Waals surface area contributed by atoms with Gasteiger partial charge in [-0.3, -0.25) is 14.4 Å². The molecule has 4 rings (SSSR count). The number of carbonyl (C=O) groups excluding carboxylic acids is 3. The Kier molecular flexibility index (Phi) is 4.90. The molecule has 1 saturated carbocycles. The molecule has 32 heavy (non-hydrogen) atoms. The van der Waals surface area contributed by atoms with Gasteiger partial charge in [-0.15, -0.1) is 0 Å². The van der Waals surface area contributed by atoms with Crippen LogP contribution in [0.25, 0.3) is 5.76 Å². The van der Waals surface area contributed by atoms with Crippen LogP contribution in [0.3, 0.4) is 0 Å². The molecule has 1 aromatic rings. The molecule has 0 spiro atoms. The fraction of sp³-hybridized carbons (Fsp3) is 0.381. The highest BCUT2D eigenvalue weighted by atomic mass is 35.5. The fourth-order valence-electron chi connectivity index (χ4n) is 5.30. The third-order valence-electron chi connectivity index (χ3n) is 6.70. The van der Waals surface area contributed by atoms with Crippen molar-refractivity contribution in [3.05, 3.63) is 45.2 Å². The van der Waals surface area contributed by atoms with Gasteiger partial charge in [-0.2, -0.15) is 0 Å². The zero-order valence-electron chi connectivity index (χ0n) is 17.0. The number of nitrogens with one attached hydrogen (secondary N) is 1. The molecule has 0 saturated heterocycles. The maximum absolute atomic E-state index is 13.5. The van der Waals surface area contributed by atoms with Gasteiger partial charge in [0.05, 0.1) is 31.7 Å². The Hall–Kier alpha value is -2.92. The number of likely N-dealkylation sites (N-methyl/N-ethyl adjacent to an activating group) is 1. The van der Waals surface area contributed by atoms with Crippen molar-refractivity contribution in [1.29, 1.82) is 0 Å². The first-order valence-corrected chi connectivity index (χ1v) is 10.2. The average molecular weight is 464 g/mol. The van der Waals surface area contributed by atoms with Crippen LogP contribution in [-0.2, 0) is 14.4 Å². The number of quaternary nitrogens is 1. The number of aromatic hydroxyl groups is 1. The Balaban J connectivity index is 2.03. The molecule has 1 amide bonds. The minimum absolute atomic E-state index is 0.0130. The zero-order chi connectivity index (χ0) is 23.9. The lowest BCUT2D eigenvalue weighted by molar-refractivity contribution is -0.881. The number of halogens is 1. The second kappa shape index (κ2) is 7.04. The monoisotopic (exact) mass is 463 g/mol. The number of amides is 1. The summed E-state index contributed by atoms with van der Waals surface area (Å²) >= 11 is 6.15. The minimum atomic E-state index is -2.90. The van der Waals surface area contributed by atoms with Crippen LogP contribution in [0.15, 0.2) is 29.0 Å². The molecule has 0 radical (unpaired) electrons. The molecule has 0 aliphatic heterocycles. The quantitative estimate of drug-likeness (QED) is 0.277. The third-order valence-corrected chi connectivity index (χ3v) is 7.03. The van der Waals surface area contributed by atoms with Gasteiger partial charge >= 0.3 is 0 Å². The van der Waals surface area contributed by atoms with E-state index >= 15 is 0 Å². The summed E-state index contributed by atoms with van der Waals surface area (Å²) in [6, 6.07) is 1.19. The first kappa shape index (κ1) is 22.3. The standard InChI is InChI=1S/C21H21ClN2O8/c1-24(2)14-7-5-6-10(16(27)12-9(25)4-3-8(22)11(12)15(6)26)18(29)21(7,32)19(30)13(17(14)28)20(23)31/h3-4,6-7,14-15,25-27,30,32H,5H2,1-2H3,(H2,23,31)/p-1/t6-,7-,14-,15-,21-/m0/s1. The van der Waals surface area contributed by atoms with Crippen LogP contribution in [0.2, 0.25) is 5.02 Å². The summed E-state index contributed by atoms with van der Waals surface area (Å²) in [6.07, 6.45) is -1.81. The van der Waals surface area contributed by atoms with E-state index in [4.69, 9.17) is 17.3 Å². The van der Waals surface area contributed by atoms with Crippen LogP contribution in [0.4, 0.5) is 0 Å². The van der Waals surface area contributed by atoms with Gasteiger partial charge in [-0.1, -0.05) is 23.1 Å². The van der Waals surface area contributed by atoms with E-state index in [1.54, 1.807) is 0 Å². The largest absolute Gasteiger partial charge is 0.873 e. The molecule has 11 heteroatoms. The summed E-state index contributed by atoms with van der Waals surface area (Å²) in [6.45, 7) is 0. The lowest BCUT2D eigenvalue weighted by Gasteiger charge is -2.54. The van der Waals surface area contributed by atoms with E-state index in [0.29, 0.717) is 4.90 Å². The summed E-state index contributed by atoms with van der Waals surface area (Å²) in [5, 5.41) is 58.8. The number of fused-ring (bicyclic) bond motifs is 3. The SMILES string of the molecule is C[NH+](C)[C@@H]1C(=O)C(C(N)=O)=C([O-])[C@@]2(O)C(=O)C3=C([O-])c4c(O)ccc(Cl)c4[C@@H](O)[C@H]3C[C@@H]12. The third kappa shape index (κ3) is 2.61. The Morgan fingerprint density at radius 2 is 1.91 bits per heavy atom. The van der Waals surface area contributed by atoms with Gasteiger partial charge in [0.15, 0.2) is 11.8 Å². The van der Waals surface area contributed by atoms with Gasteiger partial charge in [0, 0.05) is 22.1 Å². The van der Waals surface area contributed by atoms with E-state index in [1.807, 2.05) is 0 Å². The normalized spacial score (nSPS) is 32.1. The van der Waals surface area contributed by atoms with Crippen LogP contribution in [0.1, 0.15) is 23.7 Å². The van der Waals surface area contributed by atoms with Crippen LogP contribution < -0.4 is 20.8 Å². The topological polar surface area (TPSA) is 188 Å². The van der Waals surface area contributed by atoms with Crippen molar-refractivity contribution >= 4 is 34.8 Å². The molecule has 1 aromatic carbocycles. The maximum Gasteiger partial charge on any atom is 0.251 e. The number of aliphatic hydroxyl groups excluding tert-OH is 1. The van der Waals surface area contributed by atoms with Gasteiger partial charge < -0.3 is 36.2 Å².